The molecule has 0 saturated heterocycles. The second-order valence-corrected chi connectivity index (χ2v) is 8.64. The van der Waals surface area contributed by atoms with Gasteiger partial charge in [-0.05, 0) is 74.6 Å². The van der Waals surface area contributed by atoms with Gasteiger partial charge in [0.15, 0.2) is 0 Å². The monoisotopic (exact) mass is 375 g/mol. The van der Waals surface area contributed by atoms with Crippen molar-refractivity contribution in [1.82, 2.24) is 0 Å². The Morgan fingerprint density at radius 1 is 1.30 bits per heavy atom. The van der Waals surface area contributed by atoms with Crippen molar-refractivity contribution in [1.29, 1.82) is 0 Å². The topological polar surface area (TPSA) is 47.6 Å². The molecule has 27 heavy (non-hydrogen) atoms. The van der Waals surface area contributed by atoms with Crippen LogP contribution in [-0.2, 0) is 9.53 Å². The van der Waals surface area contributed by atoms with Crippen LogP contribution in [0.1, 0.15) is 70.9 Å². The van der Waals surface area contributed by atoms with E-state index < -0.39 is 5.60 Å². The van der Waals surface area contributed by atoms with Crippen molar-refractivity contribution < 1.29 is 14.3 Å². The van der Waals surface area contributed by atoms with Gasteiger partial charge in [0.25, 0.3) is 5.91 Å². The Hall–Kier alpha value is -1.55. The SMILES string of the molecule is CCCO[C@]1(C(=O)Nc2cc(C)c(OCC(C)C)c(C)c2)CCC[C@@H](C)C1. The molecule has 152 valence electrons. The van der Waals surface area contributed by atoms with Crippen LogP contribution in [-0.4, -0.2) is 24.7 Å². The van der Waals surface area contributed by atoms with Gasteiger partial charge in [-0.2, -0.15) is 0 Å². The first-order valence-electron chi connectivity index (χ1n) is 10.5. The summed E-state index contributed by atoms with van der Waals surface area (Å²) in [6.07, 6.45) is 4.73. The maximum absolute atomic E-state index is 13.2. The molecule has 1 aliphatic carbocycles. The van der Waals surface area contributed by atoms with Crippen molar-refractivity contribution in [3.8, 4) is 5.75 Å². The van der Waals surface area contributed by atoms with Crippen molar-refractivity contribution in [3.63, 3.8) is 0 Å². The highest BCUT2D eigenvalue weighted by atomic mass is 16.5. The number of hydrogen-bond acceptors (Lipinski definition) is 3. The summed E-state index contributed by atoms with van der Waals surface area (Å²) in [6.45, 7) is 14.0. The van der Waals surface area contributed by atoms with Gasteiger partial charge in [0.2, 0.25) is 0 Å². The second kappa shape index (κ2) is 9.59. The molecule has 0 aromatic heterocycles. The fourth-order valence-corrected chi connectivity index (χ4v) is 3.95. The van der Waals surface area contributed by atoms with Gasteiger partial charge < -0.3 is 14.8 Å². The number of hydrogen-bond donors (Lipinski definition) is 1. The third-order valence-electron chi connectivity index (χ3n) is 5.23. The molecule has 1 aromatic carbocycles. The van der Waals surface area contributed by atoms with Gasteiger partial charge in [0, 0.05) is 12.3 Å². The average Bonchev–Trinajstić information content (AvgIpc) is 2.59. The van der Waals surface area contributed by atoms with Crippen molar-refractivity contribution in [2.24, 2.45) is 11.8 Å². The van der Waals surface area contributed by atoms with Crippen LogP contribution in [0.4, 0.5) is 5.69 Å². The quantitative estimate of drug-likeness (QED) is 0.638. The molecule has 0 spiro atoms. The van der Waals surface area contributed by atoms with E-state index >= 15 is 0 Å². The lowest BCUT2D eigenvalue weighted by molar-refractivity contribution is -0.148. The zero-order valence-corrected chi connectivity index (χ0v) is 18.0. The van der Waals surface area contributed by atoms with Crippen LogP contribution in [0.15, 0.2) is 12.1 Å². The highest BCUT2D eigenvalue weighted by Gasteiger charge is 2.42. The fourth-order valence-electron chi connectivity index (χ4n) is 3.95. The fraction of sp³-hybridized carbons (Fsp3) is 0.696. The lowest BCUT2D eigenvalue weighted by Crippen LogP contribution is -2.48. The van der Waals surface area contributed by atoms with Gasteiger partial charge in [0.1, 0.15) is 11.4 Å². The predicted octanol–water partition coefficient (Wildman–Crippen LogP) is 5.65. The van der Waals surface area contributed by atoms with E-state index in [2.05, 4.69) is 33.0 Å². The summed E-state index contributed by atoms with van der Waals surface area (Å²) < 4.78 is 12.1. The molecule has 0 heterocycles. The third kappa shape index (κ3) is 5.71. The van der Waals surface area contributed by atoms with E-state index in [1.807, 2.05) is 26.0 Å². The summed E-state index contributed by atoms with van der Waals surface area (Å²) in [4.78, 5) is 13.2. The third-order valence-corrected chi connectivity index (χ3v) is 5.23. The summed E-state index contributed by atoms with van der Waals surface area (Å²) in [6, 6.07) is 4.00. The Balaban J connectivity index is 2.17. The van der Waals surface area contributed by atoms with E-state index in [1.165, 1.54) is 6.42 Å². The molecule has 0 unspecified atom stereocenters. The number of carbonyl (C=O) groups excluding carboxylic acids is 1. The number of aryl methyl sites for hydroxylation is 2. The van der Waals surface area contributed by atoms with Gasteiger partial charge in [-0.15, -0.1) is 0 Å². The molecular weight excluding hydrogens is 338 g/mol. The van der Waals surface area contributed by atoms with Gasteiger partial charge in [-0.1, -0.05) is 34.1 Å². The van der Waals surface area contributed by atoms with Crippen LogP contribution < -0.4 is 10.1 Å². The first-order valence-corrected chi connectivity index (χ1v) is 10.5. The number of nitrogens with one attached hydrogen (secondary N) is 1. The van der Waals surface area contributed by atoms with Gasteiger partial charge in [-0.3, -0.25) is 4.79 Å². The molecule has 4 nitrogen and oxygen atoms in total. The largest absolute Gasteiger partial charge is 0.493 e. The first kappa shape index (κ1) is 21.7. The number of rotatable bonds is 8. The van der Waals surface area contributed by atoms with E-state index in [4.69, 9.17) is 9.47 Å². The van der Waals surface area contributed by atoms with E-state index in [-0.39, 0.29) is 5.91 Å². The number of ether oxygens (including phenoxy) is 2. The lowest BCUT2D eigenvalue weighted by atomic mass is 9.78. The molecule has 1 fully saturated rings. The molecule has 2 atom stereocenters. The molecule has 0 radical (unpaired) electrons. The highest BCUT2D eigenvalue weighted by molar-refractivity contribution is 5.97. The standard InChI is InChI=1S/C23H37NO3/c1-7-11-27-23(10-8-9-17(4)14-23)22(25)24-20-12-18(5)21(19(6)13-20)26-15-16(2)3/h12-13,16-17H,7-11,14-15H2,1-6H3,(H,24,25)/t17-,23-/m1/s1. The van der Waals surface area contributed by atoms with E-state index in [1.54, 1.807) is 0 Å². The Morgan fingerprint density at radius 2 is 1.96 bits per heavy atom. The molecule has 0 bridgehead atoms. The Bertz CT molecular complexity index is 618. The second-order valence-electron chi connectivity index (χ2n) is 8.64. The van der Waals surface area contributed by atoms with Crippen LogP contribution in [0.5, 0.6) is 5.75 Å². The summed E-state index contributed by atoms with van der Waals surface area (Å²) >= 11 is 0. The van der Waals surface area contributed by atoms with Crippen molar-refractivity contribution in [2.75, 3.05) is 18.5 Å². The molecule has 2 rings (SSSR count). The van der Waals surface area contributed by atoms with Crippen LogP contribution in [0, 0.1) is 25.7 Å². The molecule has 4 heteroatoms. The molecule has 1 aromatic rings. The summed E-state index contributed by atoms with van der Waals surface area (Å²) in [5.74, 6) is 1.91. The van der Waals surface area contributed by atoms with E-state index in [0.29, 0.717) is 25.0 Å². The first-order chi connectivity index (χ1) is 12.8. The Labute approximate surface area is 165 Å². The zero-order chi connectivity index (χ0) is 20.0. The number of amides is 1. The number of carbonyl (C=O) groups is 1. The minimum Gasteiger partial charge on any atom is -0.493 e. The molecule has 0 aliphatic heterocycles. The van der Waals surface area contributed by atoms with Crippen LogP contribution >= 0.6 is 0 Å². The van der Waals surface area contributed by atoms with Gasteiger partial charge >= 0.3 is 0 Å². The van der Waals surface area contributed by atoms with E-state index in [0.717, 1.165) is 48.2 Å². The molecular formula is C23H37NO3. The van der Waals surface area contributed by atoms with Crippen molar-refractivity contribution in [3.05, 3.63) is 23.3 Å². The summed E-state index contributed by atoms with van der Waals surface area (Å²) in [7, 11) is 0. The minimum atomic E-state index is -0.692. The molecule has 1 saturated carbocycles. The van der Waals surface area contributed by atoms with Gasteiger partial charge in [0.05, 0.1) is 6.61 Å². The minimum absolute atomic E-state index is 0.00264. The zero-order valence-electron chi connectivity index (χ0n) is 18.0. The summed E-state index contributed by atoms with van der Waals surface area (Å²) in [5.41, 5.74) is 2.23. The smallest absolute Gasteiger partial charge is 0.256 e. The highest BCUT2D eigenvalue weighted by Crippen LogP contribution is 2.37. The normalized spacial score (nSPS) is 22.7. The van der Waals surface area contributed by atoms with Crippen LogP contribution in [0.3, 0.4) is 0 Å². The average molecular weight is 376 g/mol. The molecule has 1 amide bonds. The Morgan fingerprint density at radius 3 is 2.52 bits per heavy atom. The van der Waals surface area contributed by atoms with Crippen molar-refractivity contribution in [2.45, 2.75) is 79.2 Å². The van der Waals surface area contributed by atoms with Crippen LogP contribution in [0.2, 0.25) is 0 Å². The van der Waals surface area contributed by atoms with E-state index in [9.17, 15) is 4.79 Å². The molecule has 1 aliphatic rings. The number of anilines is 1. The van der Waals surface area contributed by atoms with Gasteiger partial charge in [-0.25, -0.2) is 0 Å². The van der Waals surface area contributed by atoms with Crippen LogP contribution in [0.25, 0.3) is 0 Å². The number of benzene rings is 1. The molecule has 1 N–H and O–H groups in total. The maximum atomic E-state index is 13.2. The predicted molar refractivity (Wildman–Crippen MR) is 111 cm³/mol. The Kier molecular flexibility index (Phi) is 7.72. The maximum Gasteiger partial charge on any atom is 0.256 e. The summed E-state index contributed by atoms with van der Waals surface area (Å²) in [5, 5.41) is 3.14. The lowest BCUT2D eigenvalue weighted by Gasteiger charge is -2.38. The van der Waals surface area contributed by atoms with Crippen molar-refractivity contribution >= 4 is 11.6 Å².